The summed E-state index contributed by atoms with van der Waals surface area (Å²) >= 11 is 3.36. The third-order valence-electron chi connectivity index (χ3n) is 2.80. The van der Waals surface area contributed by atoms with Crippen LogP contribution in [-0.4, -0.2) is 44.6 Å². The van der Waals surface area contributed by atoms with Gasteiger partial charge in [-0.25, -0.2) is 0 Å². The molecule has 1 rings (SSSR count). The van der Waals surface area contributed by atoms with Crippen molar-refractivity contribution in [2.75, 3.05) is 27.7 Å². The van der Waals surface area contributed by atoms with E-state index in [-0.39, 0.29) is 11.9 Å². The number of carbonyl (C=O) groups excluding carboxylic acids is 1. The van der Waals surface area contributed by atoms with Crippen LogP contribution in [0.5, 0.6) is 5.75 Å². The molecule has 0 aliphatic rings. The third kappa shape index (κ3) is 5.20. The molecule has 0 spiro atoms. The molecule has 0 aliphatic carbocycles. The van der Waals surface area contributed by atoms with Crippen LogP contribution in [0.3, 0.4) is 0 Å². The Bertz CT molecular complexity index is 435. The van der Waals surface area contributed by atoms with Crippen molar-refractivity contribution in [3.8, 4) is 5.75 Å². The lowest BCUT2D eigenvalue weighted by Crippen LogP contribution is -2.35. The van der Waals surface area contributed by atoms with Crippen LogP contribution in [0.4, 0.5) is 0 Å². The Hall–Kier alpha value is -1.07. The summed E-state index contributed by atoms with van der Waals surface area (Å²) in [5.41, 5.74) is 0.558. The number of carbonyl (C=O) groups is 1. The minimum absolute atomic E-state index is 0.101. The summed E-state index contributed by atoms with van der Waals surface area (Å²) in [5.74, 6) is 0.474. The summed E-state index contributed by atoms with van der Waals surface area (Å²) in [6.45, 7) is 2.95. The lowest BCUT2D eigenvalue weighted by Gasteiger charge is -2.17. The maximum absolute atomic E-state index is 12.2. The lowest BCUT2D eigenvalue weighted by molar-refractivity contribution is 0.0933. The first-order chi connectivity index (χ1) is 8.93. The van der Waals surface area contributed by atoms with Gasteiger partial charge in [-0.3, -0.25) is 4.79 Å². The fourth-order valence-corrected chi connectivity index (χ4v) is 2.02. The molecule has 106 valence electrons. The lowest BCUT2D eigenvalue weighted by atomic mass is 10.1. The van der Waals surface area contributed by atoms with Gasteiger partial charge in [0, 0.05) is 10.5 Å². The van der Waals surface area contributed by atoms with Crippen LogP contribution in [0.1, 0.15) is 23.7 Å². The molecule has 1 atom stereocenters. The summed E-state index contributed by atoms with van der Waals surface area (Å²) < 4.78 is 6.12. The second-order valence-corrected chi connectivity index (χ2v) is 5.73. The molecule has 0 radical (unpaired) electrons. The van der Waals surface area contributed by atoms with Crippen LogP contribution in [0.25, 0.3) is 0 Å². The van der Waals surface area contributed by atoms with E-state index in [9.17, 15) is 4.79 Å². The maximum atomic E-state index is 12.2. The van der Waals surface area contributed by atoms with Gasteiger partial charge in [0.05, 0.1) is 12.7 Å². The Labute approximate surface area is 123 Å². The summed E-state index contributed by atoms with van der Waals surface area (Å²) in [7, 11) is 5.60. The molecule has 1 aromatic rings. The van der Waals surface area contributed by atoms with Gasteiger partial charge in [-0.15, -0.1) is 0 Å². The quantitative estimate of drug-likeness (QED) is 0.872. The fraction of sp³-hybridized carbons (Fsp3) is 0.500. The maximum Gasteiger partial charge on any atom is 0.255 e. The molecule has 1 unspecified atom stereocenters. The summed E-state index contributed by atoms with van der Waals surface area (Å²) in [5, 5.41) is 2.98. The largest absolute Gasteiger partial charge is 0.496 e. The van der Waals surface area contributed by atoms with E-state index in [4.69, 9.17) is 4.74 Å². The highest BCUT2D eigenvalue weighted by Gasteiger charge is 2.14. The number of halogens is 1. The number of nitrogens with one attached hydrogen (secondary N) is 1. The van der Waals surface area contributed by atoms with Crippen molar-refractivity contribution >= 4 is 21.8 Å². The van der Waals surface area contributed by atoms with Crippen LogP contribution >= 0.6 is 15.9 Å². The van der Waals surface area contributed by atoms with Gasteiger partial charge in [0.1, 0.15) is 5.75 Å². The van der Waals surface area contributed by atoms with E-state index >= 15 is 0 Å². The molecular weight excluding hydrogens is 308 g/mol. The zero-order valence-electron chi connectivity index (χ0n) is 11.9. The number of nitrogens with zero attached hydrogens (tertiary/aromatic N) is 1. The zero-order valence-corrected chi connectivity index (χ0v) is 13.5. The first kappa shape index (κ1) is 16.0. The molecule has 1 N–H and O–H groups in total. The third-order valence-corrected chi connectivity index (χ3v) is 3.29. The van der Waals surface area contributed by atoms with Gasteiger partial charge in [0.15, 0.2) is 0 Å². The minimum atomic E-state index is -0.101. The average molecular weight is 329 g/mol. The van der Waals surface area contributed by atoms with Crippen LogP contribution in [0.15, 0.2) is 22.7 Å². The summed E-state index contributed by atoms with van der Waals surface area (Å²) in [6, 6.07) is 5.52. The second-order valence-electron chi connectivity index (χ2n) is 4.81. The van der Waals surface area contributed by atoms with Crippen molar-refractivity contribution in [1.82, 2.24) is 10.2 Å². The first-order valence-corrected chi connectivity index (χ1v) is 7.02. The van der Waals surface area contributed by atoms with Crippen LogP contribution in [-0.2, 0) is 0 Å². The Morgan fingerprint density at radius 2 is 2.16 bits per heavy atom. The van der Waals surface area contributed by atoms with Gasteiger partial charge < -0.3 is 15.0 Å². The number of rotatable bonds is 6. The van der Waals surface area contributed by atoms with Crippen molar-refractivity contribution in [3.63, 3.8) is 0 Å². The van der Waals surface area contributed by atoms with E-state index in [2.05, 4.69) is 26.1 Å². The number of hydrogen-bond acceptors (Lipinski definition) is 3. The number of benzene rings is 1. The molecule has 1 aromatic carbocycles. The van der Waals surface area contributed by atoms with E-state index < -0.39 is 0 Å². The highest BCUT2D eigenvalue weighted by molar-refractivity contribution is 9.10. The molecule has 0 heterocycles. The van der Waals surface area contributed by atoms with E-state index in [0.717, 1.165) is 17.4 Å². The Morgan fingerprint density at radius 1 is 1.47 bits per heavy atom. The van der Waals surface area contributed by atoms with Gasteiger partial charge in [-0.05, 0) is 52.2 Å². The molecule has 0 aromatic heterocycles. The summed E-state index contributed by atoms with van der Waals surface area (Å²) in [4.78, 5) is 14.3. The molecule has 19 heavy (non-hydrogen) atoms. The predicted octanol–water partition coefficient (Wildman–Crippen LogP) is 2.53. The predicted molar refractivity (Wildman–Crippen MR) is 80.8 cm³/mol. The Kier molecular flexibility index (Phi) is 6.31. The van der Waals surface area contributed by atoms with E-state index in [0.29, 0.717) is 11.3 Å². The van der Waals surface area contributed by atoms with Gasteiger partial charge in [-0.1, -0.05) is 15.9 Å². The van der Waals surface area contributed by atoms with Crippen molar-refractivity contribution in [2.45, 2.75) is 19.4 Å². The zero-order chi connectivity index (χ0) is 14.4. The fourth-order valence-electron chi connectivity index (χ4n) is 1.68. The molecule has 0 bridgehead atoms. The smallest absolute Gasteiger partial charge is 0.255 e. The molecule has 0 saturated carbocycles. The van der Waals surface area contributed by atoms with Gasteiger partial charge in [0.2, 0.25) is 0 Å². The normalized spacial score (nSPS) is 12.3. The van der Waals surface area contributed by atoms with Crippen LogP contribution in [0.2, 0.25) is 0 Å². The summed E-state index contributed by atoms with van der Waals surface area (Å²) in [6.07, 6.45) is 0.914. The minimum Gasteiger partial charge on any atom is -0.496 e. The highest BCUT2D eigenvalue weighted by atomic mass is 79.9. The van der Waals surface area contributed by atoms with E-state index in [1.54, 1.807) is 19.2 Å². The topological polar surface area (TPSA) is 41.6 Å². The molecule has 0 aliphatic heterocycles. The molecular formula is C14H21BrN2O2. The van der Waals surface area contributed by atoms with Crippen LogP contribution in [0, 0.1) is 0 Å². The van der Waals surface area contributed by atoms with Crippen molar-refractivity contribution < 1.29 is 9.53 Å². The van der Waals surface area contributed by atoms with Gasteiger partial charge in [-0.2, -0.15) is 0 Å². The van der Waals surface area contributed by atoms with E-state index in [1.165, 1.54) is 0 Å². The van der Waals surface area contributed by atoms with Crippen molar-refractivity contribution in [1.29, 1.82) is 0 Å². The average Bonchev–Trinajstić information content (AvgIpc) is 2.35. The van der Waals surface area contributed by atoms with Gasteiger partial charge >= 0.3 is 0 Å². The number of ether oxygens (including phenoxy) is 1. The molecule has 4 nitrogen and oxygen atoms in total. The molecule has 0 fully saturated rings. The molecule has 5 heteroatoms. The van der Waals surface area contributed by atoms with E-state index in [1.807, 2.05) is 27.1 Å². The Balaban J connectivity index is 2.67. The Morgan fingerprint density at radius 3 is 2.74 bits per heavy atom. The van der Waals surface area contributed by atoms with Crippen molar-refractivity contribution in [3.05, 3.63) is 28.2 Å². The highest BCUT2D eigenvalue weighted by Crippen LogP contribution is 2.23. The monoisotopic (exact) mass is 328 g/mol. The standard InChI is InChI=1S/C14H21BrN2O2/c1-10(7-8-17(2)3)16-14(18)12-6-5-11(15)9-13(12)19-4/h5-6,9-10H,7-8H2,1-4H3,(H,16,18). The number of methoxy groups -OCH3 is 1. The molecule has 1 amide bonds. The van der Waals surface area contributed by atoms with Gasteiger partial charge in [0.25, 0.3) is 5.91 Å². The first-order valence-electron chi connectivity index (χ1n) is 6.23. The second kappa shape index (κ2) is 7.50. The number of amides is 1. The molecule has 0 saturated heterocycles. The van der Waals surface area contributed by atoms with Crippen molar-refractivity contribution in [2.24, 2.45) is 0 Å². The number of hydrogen-bond donors (Lipinski definition) is 1. The SMILES string of the molecule is COc1cc(Br)ccc1C(=O)NC(C)CCN(C)C. The van der Waals surface area contributed by atoms with Crippen LogP contribution < -0.4 is 10.1 Å².